The molecule has 0 spiro atoms. The summed E-state index contributed by atoms with van der Waals surface area (Å²) in [4.78, 5) is 146. The number of alkyl halides is 8. The lowest BCUT2D eigenvalue weighted by Crippen LogP contribution is -2.53. The summed E-state index contributed by atoms with van der Waals surface area (Å²) in [6.45, 7) is 2.19. The summed E-state index contributed by atoms with van der Waals surface area (Å²) in [7, 11) is -24.2. The second-order valence-electron chi connectivity index (χ2n) is 35.9. The number of halogens is 8. The first kappa shape index (κ1) is 103. The Labute approximate surface area is 746 Å². The zero-order valence-electron chi connectivity index (χ0n) is 70.1. The molecule has 26 atom stereocenters. The Morgan fingerprint density at radius 2 is 0.710 bits per heavy atom. The molecule has 26 unspecified atom stereocenters. The third-order valence-corrected chi connectivity index (χ3v) is 33.7. The van der Waals surface area contributed by atoms with Crippen LogP contribution in [0.4, 0.5) is 35.1 Å². The van der Waals surface area contributed by atoms with Crippen molar-refractivity contribution in [1.82, 2.24) is 0 Å². The maximum atomic E-state index is 13.4. The zero-order chi connectivity index (χ0) is 96.9. The van der Waals surface area contributed by atoms with Crippen molar-refractivity contribution in [3.05, 3.63) is 0 Å². The van der Waals surface area contributed by atoms with E-state index in [0.29, 0.717) is 91.9 Å². The van der Waals surface area contributed by atoms with Crippen LogP contribution >= 0.6 is 11.8 Å². The van der Waals surface area contributed by atoms with Crippen molar-refractivity contribution in [2.24, 2.45) is 59.2 Å². The Bertz CT molecular complexity index is 4540. The maximum Gasteiger partial charge on any atom is 0.369 e. The molecular formula is C77H96F8O41S5-4. The van der Waals surface area contributed by atoms with Crippen LogP contribution in [0.2, 0.25) is 0 Å². The van der Waals surface area contributed by atoms with E-state index in [9.17, 15) is 165 Å². The highest BCUT2D eigenvalue weighted by atomic mass is 32.2. The molecule has 131 heavy (non-hydrogen) atoms. The van der Waals surface area contributed by atoms with Crippen LogP contribution in [0.1, 0.15) is 201 Å². The van der Waals surface area contributed by atoms with Crippen molar-refractivity contribution in [1.29, 1.82) is 0 Å². The molecule has 15 rings (SSSR count). The highest BCUT2D eigenvalue weighted by Gasteiger charge is 2.76. The van der Waals surface area contributed by atoms with Gasteiger partial charge in [0.05, 0.1) is 108 Å². The molecule has 7 aliphatic carbocycles. The molecule has 0 aromatic carbocycles. The Balaban J connectivity index is 0.000000158. The molecule has 15 fully saturated rings. The first-order valence-electron chi connectivity index (χ1n) is 42.4. The number of thioether (sulfide) groups is 1. The molecule has 8 bridgehead atoms. The van der Waals surface area contributed by atoms with Crippen LogP contribution in [0.15, 0.2) is 0 Å². The minimum atomic E-state index is -6.05. The van der Waals surface area contributed by atoms with Gasteiger partial charge in [-0.2, -0.15) is 35.1 Å². The summed E-state index contributed by atoms with van der Waals surface area (Å²) in [6.07, 6.45) is -10.9. The maximum absolute atomic E-state index is 13.4. The fraction of sp³-hybridized carbons (Fsp3) is 0.844. The van der Waals surface area contributed by atoms with Gasteiger partial charge in [0.1, 0.15) is 36.6 Å². The Kier molecular flexibility index (Phi) is 29.6. The fourth-order valence-electron chi connectivity index (χ4n) is 21.7. The number of esters is 12. The van der Waals surface area contributed by atoms with Crippen molar-refractivity contribution in [2.75, 3.05) is 0 Å². The van der Waals surface area contributed by atoms with E-state index in [-0.39, 0.29) is 34.7 Å². The average Bonchev–Trinajstić information content (AvgIpc) is 1.54. The summed E-state index contributed by atoms with van der Waals surface area (Å²) in [6, 6.07) is 0. The number of aliphatic hydroxyl groups is 4. The van der Waals surface area contributed by atoms with Gasteiger partial charge in [-0.25, -0.2) is 33.7 Å². The van der Waals surface area contributed by atoms with Crippen molar-refractivity contribution in [3.63, 3.8) is 0 Å². The largest absolute Gasteiger partial charge is 0.743 e. The van der Waals surface area contributed by atoms with Crippen molar-refractivity contribution in [3.8, 4) is 0 Å². The van der Waals surface area contributed by atoms with Crippen LogP contribution in [0.25, 0.3) is 0 Å². The van der Waals surface area contributed by atoms with Gasteiger partial charge in [-0.15, -0.1) is 11.8 Å². The van der Waals surface area contributed by atoms with Gasteiger partial charge in [-0.3, -0.25) is 57.5 Å². The van der Waals surface area contributed by atoms with E-state index in [0.717, 1.165) is 51.4 Å². The third kappa shape index (κ3) is 20.4. The molecule has 8 heterocycles. The standard InChI is InChI=1S/C20H26F2O10S.C19H24F2O11S.C19H24F2O10S2.C19H26F2O10S/c1-9(20(21,22)33(27,28)29)30-12(23)4-5-13(24)31-17-11-8-10-14(18(25)32-16(10)17)15(11)19(26)6-2-3-7-19;1-8(19(20,21)33(26,27)28)29-9(22)4-5-10(23)30-16-14-12(18(25)6-2-3-7-18)11-13(31-14)15(16)32-17(11)24;1-8(19(20,21)33(26,27)28)29-9(22)4-5-10(23)30-14-13-15-11(17(24)31-13)12(16(14)32-15)18(25)6-2-3-7-18;1-10(19(20,21)32(26,27)28)29-15(22)4-5-16(23)30-14-9-12(18(25)6-2-3-7-18)11-8-13(14)31-17(11)24/h9-11,14-17,26H,2-8H2,1H3,(H,27,28,29);2*8,11-16,25H,2-7H2,1H3,(H,26,27,28);10-14,25H,2-9H2,1H3,(H,26,27,28)/p-4. The van der Waals surface area contributed by atoms with E-state index >= 15 is 0 Å². The van der Waals surface area contributed by atoms with Crippen molar-refractivity contribution >= 4 is 124 Å². The molecule has 7 saturated carbocycles. The molecule has 0 aromatic rings. The predicted octanol–water partition coefficient (Wildman–Crippen LogP) is 2.57. The number of fused-ring (bicyclic) bond motifs is 5. The number of hydrogen-bond donors (Lipinski definition) is 4. The Morgan fingerprint density at radius 1 is 0.374 bits per heavy atom. The van der Waals surface area contributed by atoms with Crippen molar-refractivity contribution < 1.29 is 227 Å². The number of carbonyl (C=O) groups excluding carboxylic acids is 12. The van der Waals surface area contributed by atoms with E-state index < -0.39 is 334 Å². The van der Waals surface area contributed by atoms with E-state index in [1.807, 2.05) is 0 Å². The molecular weight excluding hydrogens is 1890 g/mol. The highest BCUT2D eigenvalue weighted by Crippen LogP contribution is 2.66. The second-order valence-corrected chi connectivity index (χ2v) is 43.1. The van der Waals surface area contributed by atoms with Gasteiger partial charge in [0, 0.05) is 41.9 Å². The molecule has 8 aliphatic heterocycles. The van der Waals surface area contributed by atoms with Crippen LogP contribution in [-0.2, 0) is 160 Å². The third-order valence-electron chi connectivity index (χ3n) is 27.9. The second kappa shape index (κ2) is 37.7. The Morgan fingerprint density at radius 3 is 1.12 bits per heavy atom. The SMILES string of the molecule is CC(OC(=O)CCC(=O)OC1C2CC3C1OC(=O)C3C2C1(O)CCCC1)C(F)(F)S(=O)(=O)[O-].CC(OC(=O)CCC(=O)OC1C2OC(=O)C3C2OC1C3C1(O)CCCC1)C(F)(F)S(=O)(=O)[O-].CC(OC(=O)CCC(=O)OC1C2OC(=O)C3C2SC1C3C1(O)CCCC1)C(F)(F)S(=O)(=O)[O-].CC(OC(=O)CCC(=O)OC1CC(C2(O)CCCC2)C2CC1OC2=O)C(F)(F)S(=O)(=O)[O-]. The van der Waals surface area contributed by atoms with Gasteiger partial charge >= 0.3 is 92.6 Å². The molecule has 0 radical (unpaired) electrons. The molecule has 4 N–H and O–H groups in total. The van der Waals surface area contributed by atoms with E-state index in [1.54, 1.807) is 0 Å². The van der Waals surface area contributed by atoms with E-state index in [4.69, 9.17) is 42.6 Å². The molecule has 15 aliphatic rings. The van der Waals surface area contributed by atoms with Gasteiger partial charge in [-0.05, 0) is 91.9 Å². The number of ether oxygens (including phenoxy) is 13. The lowest BCUT2D eigenvalue weighted by Gasteiger charge is -2.40. The van der Waals surface area contributed by atoms with Gasteiger partial charge < -0.3 is 100 Å². The van der Waals surface area contributed by atoms with E-state index in [2.05, 4.69) is 18.9 Å². The topological polar surface area (TPSA) is 635 Å². The number of carbonyl (C=O) groups is 12. The molecule has 41 nitrogen and oxygen atoms in total. The number of hydrogen-bond acceptors (Lipinski definition) is 42. The number of rotatable bonds is 32. The Hall–Kier alpha value is -7.13. The van der Waals surface area contributed by atoms with Crippen molar-refractivity contribution in [2.45, 2.75) is 340 Å². The molecule has 8 saturated heterocycles. The highest BCUT2D eigenvalue weighted by molar-refractivity contribution is 8.01. The van der Waals surface area contributed by atoms with Crippen LogP contribution in [0.3, 0.4) is 0 Å². The normalized spacial score (nSPS) is 34.2. The lowest BCUT2D eigenvalue weighted by molar-refractivity contribution is -0.168. The first-order valence-corrected chi connectivity index (χ1v) is 49.0. The molecule has 740 valence electrons. The minimum absolute atomic E-state index is 0.156. The summed E-state index contributed by atoms with van der Waals surface area (Å²) in [5.41, 5.74) is -4.23. The monoisotopic (exact) mass is 1990 g/mol. The molecule has 54 heteroatoms. The smallest absolute Gasteiger partial charge is 0.369 e. The summed E-state index contributed by atoms with van der Waals surface area (Å²) < 4.78 is 301. The van der Waals surface area contributed by atoms with Crippen LogP contribution < -0.4 is 0 Å². The average molecular weight is 1990 g/mol. The minimum Gasteiger partial charge on any atom is -0.743 e. The summed E-state index contributed by atoms with van der Waals surface area (Å²) in [5, 5.41) is 24.4. The first-order chi connectivity index (χ1) is 60.5. The van der Waals surface area contributed by atoms with E-state index in [1.165, 1.54) is 11.8 Å². The predicted molar refractivity (Wildman–Crippen MR) is 403 cm³/mol. The molecule has 0 aromatic heterocycles. The zero-order valence-corrected chi connectivity index (χ0v) is 74.1. The molecule has 0 amide bonds. The van der Waals surface area contributed by atoms with Crippen LogP contribution in [0.5, 0.6) is 0 Å². The van der Waals surface area contributed by atoms with Gasteiger partial charge in [-0.1, -0.05) is 51.4 Å². The van der Waals surface area contributed by atoms with Gasteiger partial charge in [0.15, 0.2) is 89.3 Å². The summed E-state index contributed by atoms with van der Waals surface area (Å²) >= 11 is 1.45. The van der Waals surface area contributed by atoms with Gasteiger partial charge in [0.2, 0.25) is 0 Å². The van der Waals surface area contributed by atoms with Gasteiger partial charge in [0.25, 0.3) is 0 Å². The summed E-state index contributed by atoms with van der Waals surface area (Å²) in [5.74, 6) is -14.8. The quantitative estimate of drug-likeness (QED) is 0.0325. The fourth-order valence-corrected chi connectivity index (χ4v) is 25.6. The lowest BCUT2D eigenvalue weighted by atomic mass is 9.68. The van der Waals surface area contributed by atoms with Crippen LogP contribution in [0, 0.1) is 59.2 Å². The van der Waals surface area contributed by atoms with Crippen LogP contribution in [-0.4, -0.2) is 283 Å².